The van der Waals surface area contributed by atoms with E-state index < -0.39 is 0 Å². The van der Waals surface area contributed by atoms with Crippen LogP contribution in [0.4, 0.5) is 0 Å². The molecule has 0 aliphatic heterocycles. The molecule has 0 saturated heterocycles. The number of pyridine rings is 1. The molecule has 6 nitrogen and oxygen atoms in total. The molecule has 1 amide bonds. The molecule has 0 aromatic carbocycles. The molecule has 0 aliphatic carbocycles. The fourth-order valence-corrected chi connectivity index (χ4v) is 1.92. The van der Waals surface area contributed by atoms with E-state index >= 15 is 0 Å². The topological polar surface area (TPSA) is 69.0 Å². The molecule has 1 unspecified atom stereocenters. The van der Waals surface area contributed by atoms with Gasteiger partial charge in [0.15, 0.2) is 0 Å². The monoisotopic (exact) mass is 288 g/mol. The highest BCUT2D eigenvalue weighted by Crippen LogP contribution is 2.10. The molecule has 0 bridgehead atoms. The zero-order chi connectivity index (χ0) is 15.2. The second kappa shape index (κ2) is 6.88. The van der Waals surface area contributed by atoms with Crippen LogP contribution in [0.3, 0.4) is 0 Å². The van der Waals surface area contributed by atoms with Gasteiger partial charge in [0.1, 0.15) is 17.5 Å². The lowest BCUT2D eigenvalue weighted by Gasteiger charge is -2.16. The second-order valence-corrected chi connectivity index (χ2v) is 5.08. The van der Waals surface area contributed by atoms with Gasteiger partial charge in [-0.05, 0) is 39.0 Å². The molecule has 2 rings (SSSR count). The van der Waals surface area contributed by atoms with Crippen LogP contribution in [0.25, 0.3) is 0 Å². The van der Waals surface area contributed by atoms with Gasteiger partial charge in [-0.25, -0.2) is 0 Å². The summed E-state index contributed by atoms with van der Waals surface area (Å²) in [5, 5.41) is 7.00. The predicted octanol–water partition coefficient (Wildman–Crippen LogP) is 2.06. The zero-order valence-corrected chi connectivity index (χ0v) is 12.5. The standard InChI is InChI=1S/C15H20N4O2/c1-11(2)19-14(6-8-18-19)15(20)17-9-12(3)21-13-5-4-7-16-10-13/h4-8,10-12H,9H2,1-3H3,(H,17,20). The zero-order valence-electron chi connectivity index (χ0n) is 12.5. The molecular weight excluding hydrogens is 268 g/mol. The van der Waals surface area contributed by atoms with Gasteiger partial charge in [0.25, 0.3) is 5.91 Å². The summed E-state index contributed by atoms with van der Waals surface area (Å²) in [6, 6.07) is 5.49. The predicted molar refractivity (Wildman–Crippen MR) is 79.3 cm³/mol. The van der Waals surface area contributed by atoms with E-state index in [-0.39, 0.29) is 18.1 Å². The molecule has 1 atom stereocenters. The van der Waals surface area contributed by atoms with Gasteiger partial charge in [-0.2, -0.15) is 5.10 Å². The molecule has 2 heterocycles. The Kier molecular flexibility index (Phi) is 4.92. The van der Waals surface area contributed by atoms with Crippen LogP contribution < -0.4 is 10.1 Å². The van der Waals surface area contributed by atoms with Crippen molar-refractivity contribution in [1.82, 2.24) is 20.1 Å². The smallest absolute Gasteiger partial charge is 0.269 e. The van der Waals surface area contributed by atoms with Crippen molar-refractivity contribution in [3.05, 3.63) is 42.5 Å². The van der Waals surface area contributed by atoms with E-state index in [2.05, 4.69) is 15.4 Å². The Bertz CT molecular complexity index is 580. The minimum absolute atomic E-state index is 0.143. The normalized spacial score (nSPS) is 12.2. The van der Waals surface area contributed by atoms with Crippen molar-refractivity contribution in [2.45, 2.75) is 32.9 Å². The number of nitrogens with zero attached hydrogens (tertiary/aromatic N) is 3. The summed E-state index contributed by atoms with van der Waals surface area (Å²) in [6.07, 6.45) is 4.82. The molecule has 2 aromatic rings. The average Bonchev–Trinajstić information content (AvgIpc) is 2.95. The van der Waals surface area contributed by atoms with Crippen LogP contribution in [0.2, 0.25) is 0 Å². The highest BCUT2D eigenvalue weighted by Gasteiger charge is 2.15. The van der Waals surface area contributed by atoms with Crippen molar-refractivity contribution in [2.24, 2.45) is 0 Å². The number of amides is 1. The van der Waals surface area contributed by atoms with Gasteiger partial charge in [0, 0.05) is 18.4 Å². The van der Waals surface area contributed by atoms with Crippen molar-refractivity contribution < 1.29 is 9.53 Å². The van der Waals surface area contributed by atoms with E-state index in [1.807, 2.05) is 32.9 Å². The lowest BCUT2D eigenvalue weighted by atomic mass is 10.3. The second-order valence-electron chi connectivity index (χ2n) is 5.08. The summed E-state index contributed by atoms with van der Waals surface area (Å²) < 4.78 is 7.36. The van der Waals surface area contributed by atoms with Crippen LogP contribution in [-0.4, -0.2) is 33.3 Å². The molecule has 0 saturated carbocycles. The lowest BCUT2D eigenvalue weighted by molar-refractivity contribution is 0.0919. The van der Waals surface area contributed by atoms with Crippen LogP contribution in [-0.2, 0) is 0 Å². The Morgan fingerprint density at radius 3 is 2.81 bits per heavy atom. The number of hydrogen-bond donors (Lipinski definition) is 1. The summed E-state index contributed by atoms with van der Waals surface area (Å²) in [5.41, 5.74) is 0.554. The van der Waals surface area contributed by atoms with Gasteiger partial charge in [0.2, 0.25) is 0 Å². The molecule has 0 radical (unpaired) electrons. The first-order valence-corrected chi connectivity index (χ1v) is 6.96. The van der Waals surface area contributed by atoms with Gasteiger partial charge in [-0.15, -0.1) is 0 Å². The first-order valence-electron chi connectivity index (χ1n) is 6.96. The fourth-order valence-electron chi connectivity index (χ4n) is 1.92. The summed E-state index contributed by atoms with van der Waals surface area (Å²) in [7, 11) is 0. The Labute approximate surface area is 124 Å². The van der Waals surface area contributed by atoms with E-state index in [0.717, 1.165) is 0 Å². The quantitative estimate of drug-likeness (QED) is 0.883. The molecule has 1 N–H and O–H groups in total. The number of rotatable bonds is 6. The van der Waals surface area contributed by atoms with Crippen LogP contribution in [0, 0.1) is 0 Å². The van der Waals surface area contributed by atoms with Crippen molar-refractivity contribution in [1.29, 1.82) is 0 Å². The maximum atomic E-state index is 12.1. The molecule has 112 valence electrons. The largest absolute Gasteiger partial charge is 0.487 e. The van der Waals surface area contributed by atoms with Gasteiger partial charge in [-0.3, -0.25) is 14.5 Å². The first kappa shape index (κ1) is 15.0. The molecule has 2 aromatic heterocycles. The fraction of sp³-hybridized carbons (Fsp3) is 0.400. The van der Waals surface area contributed by atoms with E-state index in [4.69, 9.17) is 4.74 Å². The van der Waals surface area contributed by atoms with E-state index in [9.17, 15) is 4.79 Å². The van der Waals surface area contributed by atoms with Gasteiger partial charge >= 0.3 is 0 Å². The third-order valence-corrected chi connectivity index (χ3v) is 2.91. The Balaban J connectivity index is 1.87. The molecular formula is C15H20N4O2. The van der Waals surface area contributed by atoms with Crippen LogP contribution in [0.15, 0.2) is 36.8 Å². The SMILES string of the molecule is CC(CNC(=O)c1ccnn1C(C)C)Oc1cccnc1. The maximum absolute atomic E-state index is 12.1. The lowest BCUT2D eigenvalue weighted by Crippen LogP contribution is -2.34. The van der Waals surface area contributed by atoms with Crippen molar-refractivity contribution in [3.63, 3.8) is 0 Å². The first-order chi connectivity index (χ1) is 10.1. The Hall–Kier alpha value is -2.37. The van der Waals surface area contributed by atoms with E-state index in [1.54, 1.807) is 29.3 Å². The minimum Gasteiger partial charge on any atom is -0.487 e. The van der Waals surface area contributed by atoms with Crippen LogP contribution >= 0.6 is 0 Å². The third-order valence-electron chi connectivity index (χ3n) is 2.91. The van der Waals surface area contributed by atoms with Crippen molar-refractivity contribution in [2.75, 3.05) is 6.54 Å². The maximum Gasteiger partial charge on any atom is 0.269 e. The van der Waals surface area contributed by atoms with Gasteiger partial charge < -0.3 is 10.1 Å². The van der Waals surface area contributed by atoms with E-state index in [1.165, 1.54) is 0 Å². The highest BCUT2D eigenvalue weighted by atomic mass is 16.5. The number of hydrogen-bond acceptors (Lipinski definition) is 4. The molecule has 0 spiro atoms. The summed E-state index contributed by atoms with van der Waals surface area (Å²) in [6.45, 7) is 6.28. The summed E-state index contributed by atoms with van der Waals surface area (Å²) in [5.74, 6) is 0.536. The minimum atomic E-state index is -0.150. The Morgan fingerprint density at radius 1 is 1.33 bits per heavy atom. The summed E-state index contributed by atoms with van der Waals surface area (Å²) in [4.78, 5) is 16.1. The number of carbonyl (C=O) groups is 1. The van der Waals surface area contributed by atoms with E-state index in [0.29, 0.717) is 18.0 Å². The number of aromatic nitrogens is 3. The van der Waals surface area contributed by atoms with Crippen LogP contribution in [0.1, 0.15) is 37.3 Å². The molecule has 21 heavy (non-hydrogen) atoms. The van der Waals surface area contributed by atoms with Gasteiger partial charge in [0.05, 0.1) is 12.7 Å². The highest BCUT2D eigenvalue weighted by molar-refractivity contribution is 5.92. The average molecular weight is 288 g/mol. The number of nitrogens with one attached hydrogen (secondary N) is 1. The Morgan fingerprint density at radius 2 is 2.14 bits per heavy atom. The van der Waals surface area contributed by atoms with Gasteiger partial charge in [-0.1, -0.05) is 0 Å². The molecule has 0 aliphatic rings. The number of carbonyl (C=O) groups excluding carboxylic acids is 1. The summed E-state index contributed by atoms with van der Waals surface area (Å²) >= 11 is 0. The number of ether oxygens (including phenoxy) is 1. The molecule has 6 heteroatoms. The third kappa shape index (κ3) is 4.05. The molecule has 0 fully saturated rings. The van der Waals surface area contributed by atoms with Crippen molar-refractivity contribution in [3.8, 4) is 5.75 Å². The van der Waals surface area contributed by atoms with Crippen LogP contribution in [0.5, 0.6) is 5.75 Å². The van der Waals surface area contributed by atoms with Crippen molar-refractivity contribution >= 4 is 5.91 Å².